The highest BCUT2D eigenvalue weighted by Gasteiger charge is 2.28. The lowest BCUT2D eigenvalue weighted by Crippen LogP contribution is -2.45. The molecule has 3 rings (SSSR count). The van der Waals surface area contributed by atoms with E-state index in [4.69, 9.17) is 4.74 Å². The Hall–Kier alpha value is -1.89. The lowest BCUT2D eigenvalue weighted by molar-refractivity contribution is -0.133. The molecule has 24 heavy (non-hydrogen) atoms. The van der Waals surface area contributed by atoms with E-state index in [1.54, 1.807) is 23.2 Å². The molecule has 4 nitrogen and oxygen atoms in total. The van der Waals surface area contributed by atoms with Crippen LogP contribution >= 0.6 is 11.8 Å². The van der Waals surface area contributed by atoms with Gasteiger partial charge >= 0.3 is 0 Å². The van der Waals surface area contributed by atoms with Crippen LogP contribution in [0.1, 0.15) is 10.8 Å². The van der Waals surface area contributed by atoms with E-state index in [2.05, 4.69) is 5.43 Å². The van der Waals surface area contributed by atoms with E-state index in [0.29, 0.717) is 31.2 Å². The summed E-state index contributed by atoms with van der Waals surface area (Å²) in [5.74, 6) is -0.414. The van der Waals surface area contributed by atoms with Crippen molar-refractivity contribution in [1.29, 1.82) is 0 Å². The number of nitrogens with one attached hydrogen (secondary N) is 1. The Labute approximate surface area is 145 Å². The number of benzene rings is 2. The number of halogens is 1. The van der Waals surface area contributed by atoms with Crippen LogP contribution in [0.5, 0.6) is 0 Å². The molecule has 0 aromatic heterocycles. The minimum atomic E-state index is -0.520. The molecule has 1 N–H and O–H groups in total. The first-order valence-corrected chi connectivity index (χ1v) is 8.72. The lowest BCUT2D eigenvalue weighted by atomic mass is 10.1. The summed E-state index contributed by atoms with van der Waals surface area (Å²) in [6.45, 7) is 2.11. The molecule has 1 amide bonds. The maximum atomic E-state index is 14.1. The van der Waals surface area contributed by atoms with Crippen molar-refractivity contribution in [3.8, 4) is 0 Å². The van der Waals surface area contributed by atoms with Crippen LogP contribution < -0.4 is 5.43 Å². The largest absolute Gasteiger partial charge is 0.378 e. The third-order valence-corrected chi connectivity index (χ3v) is 4.98. The average Bonchev–Trinajstić information content (AvgIpc) is 2.91. The molecule has 1 unspecified atom stereocenters. The summed E-state index contributed by atoms with van der Waals surface area (Å²) < 4.78 is 19.4. The Balaban J connectivity index is 1.87. The number of amides is 1. The number of thioether (sulfide) groups is 1. The van der Waals surface area contributed by atoms with Crippen molar-refractivity contribution in [2.45, 2.75) is 10.1 Å². The van der Waals surface area contributed by atoms with Gasteiger partial charge in [-0.3, -0.25) is 9.80 Å². The molecule has 0 radical (unpaired) electrons. The van der Waals surface area contributed by atoms with Crippen molar-refractivity contribution < 1.29 is 13.9 Å². The van der Waals surface area contributed by atoms with E-state index in [9.17, 15) is 9.18 Å². The van der Waals surface area contributed by atoms with Crippen LogP contribution in [0.2, 0.25) is 0 Å². The number of carbonyl (C=O) groups excluding carboxylic acids is 1. The standard InChI is InChI=1S/C18H19FN2O2S/c19-15-8-4-5-9-16(15)24-17(14-6-2-1-3-7-14)18(22)21-11-13-23-12-10-20-21/h1-9,17,20H,10-13H2. The summed E-state index contributed by atoms with van der Waals surface area (Å²) in [7, 11) is 0. The quantitative estimate of drug-likeness (QED) is 0.864. The molecule has 1 saturated heterocycles. The fourth-order valence-corrected chi connectivity index (χ4v) is 3.59. The number of hydrazine groups is 1. The molecule has 1 atom stereocenters. The Morgan fingerprint density at radius 1 is 1.12 bits per heavy atom. The number of carbonyl (C=O) groups is 1. The third kappa shape index (κ3) is 4.14. The zero-order chi connectivity index (χ0) is 16.8. The van der Waals surface area contributed by atoms with E-state index in [-0.39, 0.29) is 11.7 Å². The molecule has 2 aromatic rings. The smallest absolute Gasteiger partial charge is 0.254 e. The summed E-state index contributed by atoms with van der Waals surface area (Å²) in [5.41, 5.74) is 3.93. The van der Waals surface area contributed by atoms with Gasteiger partial charge < -0.3 is 4.74 Å². The van der Waals surface area contributed by atoms with Crippen molar-refractivity contribution >= 4 is 17.7 Å². The van der Waals surface area contributed by atoms with E-state index in [1.807, 2.05) is 30.3 Å². The van der Waals surface area contributed by atoms with Crippen LogP contribution in [-0.2, 0) is 9.53 Å². The summed E-state index contributed by atoms with van der Waals surface area (Å²) in [4.78, 5) is 13.5. The van der Waals surface area contributed by atoms with Gasteiger partial charge in [0.2, 0.25) is 0 Å². The lowest BCUT2D eigenvalue weighted by Gasteiger charge is -2.26. The highest BCUT2D eigenvalue weighted by molar-refractivity contribution is 8.00. The molecule has 1 aliphatic rings. The maximum absolute atomic E-state index is 14.1. The van der Waals surface area contributed by atoms with Gasteiger partial charge in [-0.05, 0) is 17.7 Å². The van der Waals surface area contributed by atoms with Gasteiger partial charge in [-0.2, -0.15) is 0 Å². The highest BCUT2D eigenvalue weighted by atomic mass is 32.2. The van der Waals surface area contributed by atoms with Crippen molar-refractivity contribution in [1.82, 2.24) is 10.4 Å². The van der Waals surface area contributed by atoms with Gasteiger partial charge in [-0.15, -0.1) is 11.8 Å². The number of hydrogen-bond donors (Lipinski definition) is 1. The van der Waals surface area contributed by atoms with Crippen LogP contribution in [0.25, 0.3) is 0 Å². The van der Waals surface area contributed by atoms with Crippen molar-refractivity contribution in [3.63, 3.8) is 0 Å². The Kier molecular flexibility index (Phi) is 5.85. The fourth-order valence-electron chi connectivity index (χ4n) is 2.48. The molecule has 1 fully saturated rings. The number of rotatable bonds is 4. The van der Waals surface area contributed by atoms with Crippen molar-refractivity contribution in [2.75, 3.05) is 26.3 Å². The van der Waals surface area contributed by atoms with Gasteiger partial charge in [0, 0.05) is 11.4 Å². The van der Waals surface area contributed by atoms with Crippen LogP contribution in [0, 0.1) is 5.82 Å². The number of ether oxygens (including phenoxy) is 1. The zero-order valence-corrected chi connectivity index (χ0v) is 14.0. The normalized spacial score (nSPS) is 16.5. The Morgan fingerprint density at radius 3 is 2.67 bits per heavy atom. The second kappa shape index (κ2) is 8.28. The third-order valence-electron chi connectivity index (χ3n) is 3.68. The van der Waals surface area contributed by atoms with Gasteiger partial charge in [0.15, 0.2) is 0 Å². The van der Waals surface area contributed by atoms with Crippen molar-refractivity contribution in [3.05, 3.63) is 66.0 Å². The fraction of sp³-hybridized carbons (Fsp3) is 0.278. The minimum Gasteiger partial charge on any atom is -0.378 e. The molecule has 0 aliphatic carbocycles. The summed E-state index contributed by atoms with van der Waals surface area (Å²) in [6, 6.07) is 16.0. The van der Waals surface area contributed by atoms with E-state index < -0.39 is 5.25 Å². The van der Waals surface area contributed by atoms with Gasteiger partial charge in [0.1, 0.15) is 11.1 Å². The molecule has 0 spiro atoms. The molecule has 126 valence electrons. The highest BCUT2D eigenvalue weighted by Crippen LogP contribution is 2.37. The van der Waals surface area contributed by atoms with Gasteiger partial charge in [0.05, 0.1) is 19.8 Å². The van der Waals surface area contributed by atoms with E-state index in [0.717, 1.165) is 5.56 Å². The predicted molar refractivity (Wildman–Crippen MR) is 92.0 cm³/mol. The molecule has 6 heteroatoms. The van der Waals surface area contributed by atoms with Gasteiger partial charge in [0.25, 0.3) is 5.91 Å². The predicted octanol–water partition coefficient (Wildman–Crippen LogP) is 3.02. The second-order valence-electron chi connectivity index (χ2n) is 5.35. The Bertz CT molecular complexity index is 676. The molecule has 0 bridgehead atoms. The topological polar surface area (TPSA) is 41.6 Å². The minimum absolute atomic E-state index is 0.0973. The SMILES string of the molecule is O=C(C(Sc1ccccc1F)c1ccccc1)N1CCOCCN1. The zero-order valence-electron chi connectivity index (χ0n) is 13.2. The van der Waals surface area contributed by atoms with Crippen molar-refractivity contribution in [2.24, 2.45) is 0 Å². The van der Waals surface area contributed by atoms with Crippen LogP contribution in [0.4, 0.5) is 4.39 Å². The Morgan fingerprint density at radius 2 is 1.88 bits per heavy atom. The van der Waals surface area contributed by atoms with Crippen LogP contribution in [0.3, 0.4) is 0 Å². The molecular weight excluding hydrogens is 327 g/mol. The molecule has 1 heterocycles. The van der Waals surface area contributed by atoms with Crippen LogP contribution in [-0.4, -0.2) is 37.2 Å². The molecule has 1 aliphatic heterocycles. The van der Waals surface area contributed by atoms with Crippen LogP contribution in [0.15, 0.2) is 59.5 Å². The second-order valence-corrected chi connectivity index (χ2v) is 6.50. The first-order chi connectivity index (χ1) is 11.8. The summed E-state index contributed by atoms with van der Waals surface area (Å²) in [6.07, 6.45) is 0. The average molecular weight is 346 g/mol. The molecule has 0 saturated carbocycles. The van der Waals surface area contributed by atoms with Gasteiger partial charge in [-0.25, -0.2) is 9.82 Å². The first kappa shape index (κ1) is 17.0. The number of nitrogens with zero attached hydrogens (tertiary/aromatic N) is 1. The number of hydrogen-bond acceptors (Lipinski definition) is 4. The monoisotopic (exact) mass is 346 g/mol. The first-order valence-electron chi connectivity index (χ1n) is 7.84. The summed E-state index contributed by atoms with van der Waals surface area (Å²) >= 11 is 1.23. The summed E-state index contributed by atoms with van der Waals surface area (Å²) in [5, 5.41) is 1.06. The molecule has 2 aromatic carbocycles. The van der Waals surface area contributed by atoms with Gasteiger partial charge in [-0.1, -0.05) is 42.5 Å². The maximum Gasteiger partial charge on any atom is 0.254 e. The van der Waals surface area contributed by atoms with E-state index in [1.165, 1.54) is 17.8 Å². The van der Waals surface area contributed by atoms with E-state index >= 15 is 0 Å². The molecular formula is C18H19FN2O2S.